The highest BCUT2D eigenvalue weighted by Gasteiger charge is 2.49. The molecule has 166 valence electrons. The van der Waals surface area contributed by atoms with E-state index in [4.69, 9.17) is 14.2 Å². The second kappa shape index (κ2) is 9.12. The second-order valence-corrected chi connectivity index (χ2v) is 10.5. The highest BCUT2D eigenvalue weighted by Crippen LogP contribution is 2.41. The molecule has 2 aliphatic carbocycles. The van der Waals surface area contributed by atoms with Crippen LogP contribution in [0.2, 0.25) is 0 Å². The van der Waals surface area contributed by atoms with Crippen molar-refractivity contribution in [2.24, 2.45) is 11.8 Å². The third-order valence-corrected chi connectivity index (χ3v) is 8.80. The predicted molar refractivity (Wildman–Crippen MR) is 114 cm³/mol. The van der Waals surface area contributed by atoms with E-state index in [2.05, 4.69) is 17.1 Å². The van der Waals surface area contributed by atoms with Gasteiger partial charge in [-0.1, -0.05) is 12.8 Å². The molecule has 4 heterocycles. The van der Waals surface area contributed by atoms with E-state index in [0.717, 1.165) is 57.7 Å². The number of hydrogen-bond acceptors (Lipinski definition) is 5. The van der Waals surface area contributed by atoms with Crippen LogP contribution < -0.4 is 5.32 Å². The van der Waals surface area contributed by atoms with Gasteiger partial charge in [0.05, 0.1) is 49.7 Å². The summed E-state index contributed by atoms with van der Waals surface area (Å²) in [6.45, 7) is 8.08. The summed E-state index contributed by atoms with van der Waals surface area (Å²) in [5.41, 5.74) is 0.0884. The molecule has 2 bridgehead atoms. The summed E-state index contributed by atoms with van der Waals surface area (Å²) in [5.74, 6) is 1.65. The Morgan fingerprint density at radius 3 is 2.66 bits per heavy atom. The molecule has 0 aromatic heterocycles. The molecule has 5 nitrogen and oxygen atoms in total. The smallest absolute Gasteiger partial charge is 0.0665 e. The van der Waals surface area contributed by atoms with E-state index in [1.54, 1.807) is 0 Å². The quantitative estimate of drug-likeness (QED) is 0.668. The van der Waals surface area contributed by atoms with Crippen LogP contribution in [0.3, 0.4) is 0 Å². The minimum atomic E-state index is 0.0884. The van der Waals surface area contributed by atoms with Crippen molar-refractivity contribution in [3.63, 3.8) is 0 Å². The molecule has 2 saturated carbocycles. The maximum absolute atomic E-state index is 6.74. The van der Waals surface area contributed by atoms with Crippen LogP contribution in [-0.4, -0.2) is 74.2 Å². The van der Waals surface area contributed by atoms with Gasteiger partial charge >= 0.3 is 0 Å². The average Bonchev–Trinajstić information content (AvgIpc) is 3.08. The molecule has 6 rings (SSSR count). The van der Waals surface area contributed by atoms with Crippen LogP contribution in [0, 0.1) is 11.8 Å². The minimum Gasteiger partial charge on any atom is -0.378 e. The lowest BCUT2D eigenvalue weighted by Crippen LogP contribution is -2.63. The zero-order valence-corrected chi connectivity index (χ0v) is 18.4. The van der Waals surface area contributed by atoms with Crippen molar-refractivity contribution in [2.75, 3.05) is 39.5 Å². The van der Waals surface area contributed by atoms with Crippen LogP contribution in [-0.2, 0) is 14.2 Å². The Morgan fingerprint density at radius 1 is 0.966 bits per heavy atom. The number of ether oxygens (including phenoxy) is 3. The van der Waals surface area contributed by atoms with Crippen LogP contribution in [0.1, 0.15) is 71.1 Å². The predicted octanol–water partition coefficient (Wildman–Crippen LogP) is 3.36. The lowest BCUT2D eigenvalue weighted by atomic mass is 9.71. The van der Waals surface area contributed by atoms with Gasteiger partial charge < -0.3 is 19.5 Å². The average molecular weight is 407 g/mol. The Bertz CT molecular complexity index is 530. The van der Waals surface area contributed by atoms with Crippen molar-refractivity contribution in [1.29, 1.82) is 0 Å². The van der Waals surface area contributed by atoms with Gasteiger partial charge in [-0.05, 0) is 70.1 Å². The SMILES string of the molecule is C[C@@H]1CCN2CC[C@]3(COCCN3)[C@H]2COC2CCC(CC2)C2CCCCC2O1. The molecule has 5 atom stereocenters. The van der Waals surface area contributed by atoms with Crippen molar-refractivity contribution in [1.82, 2.24) is 10.2 Å². The zero-order valence-electron chi connectivity index (χ0n) is 18.4. The van der Waals surface area contributed by atoms with Crippen LogP contribution in [0.15, 0.2) is 0 Å². The van der Waals surface area contributed by atoms with Gasteiger partial charge in [-0.3, -0.25) is 4.90 Å². The van der Waals surface area contributed by atoms with E-state index in [9.17, 15) is 0 Å². The first-order valence-electron chi connectivity index (χ1n) is 12.6. The zero-order chi connectivity index (χ0) is 19.7. The van der Waals surface area contributed by atoms with Crippen LogP contribution in [0.25, 0.3) is 0 Å². The summed E-state index contributed by atoms with van der Waals surface area (Å²) in [4.78, 5) is 2.68. The van der Waals surface area contributed by atoms with Crippen molar-refractivity contribution in [3.05, 3.63) is 0 Å². The molecule has 4 aliphatic heterocycles. The Hall–Kier alpha value is -0.200. The lowest BCUT2D eigenvalue weighted by Gasteiger charge is -2.44. The third-order valence-electron chi connectivity index (χ3n) is 8.80. The van der Waals surface area contributed by atoms with E-state index in [0.29, 0.717) is 24.4 Å². The molecule has 1 N–H and O–H groups in total. The summed E-state index contributed by atoms with van der Waals surface area (Å²) in [6.07, 6.45) is 14.2. The topological polar surface area (TPSA) is 43.0 Å². The molecular formula is C24H42N2O3. The van der Waals surface area contributed by atoms with Gasteiger partial charge in [0.25, 0.3) is 0 Å². The van der Waals surface area contributed by atoms with Gasteiger partial charge in [0.2, 0.25) is 0 Å². The largest absolute Gasteiger partial charge is 0.378 e. The van der Waals surface area contributed by atoms with E-state index in [1.165, 1.54) is 57.8 Å². The molecule has 0 amide bonds. The standard InChI is InChI=1S/C24H42N2O3/c1-18-10-13-26-14-11-24(17-27-15-12-25-24)23(26)16-28-20-8-6-19(7-9-20)21-4-2-3-5-22(21)29-18/h18-23,25H,2-17H2,1H3/t18-,19?,20?,21?,22?,23-,24+/m1/s1. The maximum Gasteiger partial charge on any atom is 0.0665 e. The molecule has 4 saturated heterocycles. The van der Waals surface area contributed by atoms with E-state index >= 15 is 0 Å². The Labute approximate surface area is 177 Å². The first kappa shape index (κ1) is 20.7. The fourth-order valence-electron chi connectivity index (χ4n) is 7.06. The summed E-state index contributed by atoms with van der Waals surface area (Å²) >= 11 is 0. The van der Waals surface area contributed by atoms with Gasteiger partial charge in [0.1, 0.15) is 0 Å². The number of morpholine rings is 1. The number of nitrogens with zero attached hydrogens (tertiary/aromatic N) is 1. The van der Waals surface area contributed by atoms with E-state index < -0.39 is 0 Å². The van der Waals surface area contributed by atoms with Crippen molar-refractivity contribution >= 4 is 0 Å². The highest BCUT2D eigenvalue weighted by atomic mass is 16.5. The highest BCUT2D eigenvalue weighted by molar-refractivity contribution is 5.07. The number of rotatable bonds is 0. The van der Waals surface area contributed by atoms with Crippen LogP contribution >= 0.6 is 0 Å². The molecule has 29 heavy (non-hydrogen) atoms. The van der Waals surface area contributed by atoms with Crippen molar-refractivity contribution < 1.29 is 14.2 Å². The molecule has 1 spiro atoms. The van der Waals surface area contributed by atoms with E-state index in [-0.39, 0.29) is 5.54 Å². The number of nitrogens with one attached hydrogen (secondary N) is 1. The third kappa shape index (κ3) is 4.41. The number of fused-ring (bicyclic) bond motifs is 6. The van der Waals surface area contributed by atoms with Crippen molar-refractivity contribution in [3.8, 4) is 0 Å². The normalized spacial score (nSPS) is 47.5. The summed E-state index contributed by atoms with van der Waals surface area (Å²) < 4.78 is 19.3. The van der Waals surface area contributed by atoms with Gasteiger partial charge in [-0.2, -0.15) is 0 Å². The fraction of sp³-hybridized carbons (Fsp3) is 1.00. The summed E-state index contributed by atoms with van der Waals surface area (Å²) in [6, 6.07) is 0.429. The lowest BCUT2D eigenvalue weighted by molar-refractivity contribution is -0.0948. The second-order valence-electron chi connectivity index (χ2n) is 10.5. The summed E-state index contributed by atoms with van der Waals surface area (Å²) in [5, 5.41) is 3.84. The molecule has 0 aromatic carbocycles. The maximum atomic E-state index is 6.74. The first-order chi connectivity index (χ1) is 14.2. The molecular weight excluding hydrogens is 364 g/mol. The van der Waals surface area contributed by atoms with Crippen LogP contribution in [0.4, 0.5) is 0 Å². The van der Waals surface area contributed by atoms with E-state index in [1.807, 2.05) is 0 Å². The molecule has 2 unspecified atom stereocenters. The van der Waals surface area contributed by atoms with Gasteiger partial charge in [-0.15, -0.1) is 0 Å². The first-order valence-corrected chi connectivity index (χ1v) is 12.6. The Kier molecular flexibility index (Phi) is 6.50. The minimum absolute atomic E-state index is 0.0884. The molecule has 6 aliphatic rings. The van der Waals surface area contributed by atoms with Crippen LogP contribution in [0.5, 0.6) is 0 Å². The van der Waals surface area contributed by atoms with Gasteiger partial charge in [-0.25, -0.2) is 0 Å². The number of hydrogen-bond donors (Lipinski definition) is 1. The van der Waals surface area contributed by atoms with Gasteiger partial charge in [0.15, 0.2) is 0 Å². The Balaban J connectivity index is 1.32. The summed E-state index contributed by atoms with van der Waals surface area (Å²) in [7, 11) is 0. The monoisotopic (exact) mass is 406 g/mol. The molecule has 6 fully saturated rings. The van der Waals surface area contributed by atoms with Crippen molar-refractivity contribution in [2.45, 2.75) is 101 Å². The molecule has 0 radical (unpaired) electrons. The molecule has 0 aromatic rings. The van der Waals surface area contributed by atoms with Gasteiger partial charge in [0, 0.05) is 19.6 Å². The Morgan fingerprint density at radius 2 is 1.83 bits per heavy atom. The fourth-order valence-corrected chi connectivity index (χ4v) is 7.06. The molecule has 5 heteroatoms.